The average Bonchev–Trinajstić information content (AvgIpc) is 2.94. The third-order valence-electron chi connectivity index (χ3n) is 2.77. The molecule has 2 rings (SSSR count). The number of ether oxygens (including phenoxy) is 1. The van der Waals surface area contributed by atoms with Crippen LogP contribution in [0.15, 0.2) is 34.8 Å². The standard InChI is InChI=1S/C14H15N3O3S/c1-9(17-19)12-8-21-14(15-12)16-13(18)7-10-4-3-5-11(6-10)20-2/h3-6,8,19H,7H2,1-2H3,(H,15,16,18). The Kier molecular flexibility index (Phi) is 4.89. The predicted molar refractivity (Wildman–Crippen MR) is 81.4 cm³/mol. The molecule has 110 valence electrons. The second kappa shape index (κ2) is 6.85. The molecule has 6 nitrogen and oxygen atoms in total. The van der Waals surface area contributed by atoms with E-state index in [1.165, 1.54) is 11.3 Å². The van der Waals surface area contributed by atoms with Gasteiger partial charge in [-0.3, -0.25) is 4.79 Å². The van der Waals surface area contributed by atoms with Crippen molar-refractivity contribution in [1.82, 2.24) is 4.98 Å². The molecule has 7 heteroatoms. The number of amides is 1. The molecule has 1 heterocycles. The van der Waals surface area contributed by atoms with Crippen molar-refractivity contribution in [1.29, 1.82) is 0 Å². The van der Waals surface area contributed by atoms with E-state index in [4.69, 9.17) is 9.94 Å². The van der Waals surface area contributed by atoms with Gasteiger partial charge >= 0.3 is 0 Å². The lowest BCUT2D eigenvalue weighted by Gasteiger charge is -2.04. The van der Waals surface area contributed by atoms with Crippen molar-refractivity contribution in [2.24, 2.45) is 5.16 Å². The third kappa shape index (κ3) is 4.03. The quantitative estimate of drug-likeness (QED) is 0.505. The number of carbonyl (C=O) groups excluding carboxylic acids is 1. The number of carbonyl (C=O) groups is 1. The Hall–Kier alpha value is -2.41. The van der Waals surface area contributed by atoms with E-state index in [1.54, 1.807) is 19.4 Å². The van der Waals surface area contributed by atoms with Crippen molar-refractivity contribution in [3.63, 3.8) is 0 Å². The van der Waals surface area contributed by atoms with Crippen molar-refractivity contribution in [2.75, 3.05) is 12.4 Å². The van der Waals surface area contributed by atoms with Crippen LogP contribution in [0.3, 0.4) is 0 Å². The Balaban J connectivity index is 1.99. The average molecular weight is 305 g/mol. The maximum atomic E-state index is 12.0. The van der Waals surface area contributed by atoms with Gasteiger partial charge in [0.1, 0.15) is 17.2 Å². The van der Waals surface area contributed by atoms with E-state index in [0.29, 0.717) is 22.3 Å². The lowest BCUT2D eigenvalue weighted by Crippen LogP contribution is -2.14. The lowest BCUT2D eigenvalue weighted by atomic mass is 10.1. The van der Waals surface area contributed by atoms with Crippen LogP contribution in [0.1, 0.15) is 18.2 Å². The highest BCUT2D eigenvalue weighted by molar-refractivity contribution is 7.14. The van der Waals surface area contributed by atoms with Crippen LogP contribution in [0.2, 0.25) is 0 Å². The number of nitrogens with one attached hydrogen (secondary N) is 1. The summed E-state index contributed by atoms with van der Waals surface area (Å²) in [7, 11) is 1.58. The van der Waals surface area contributed by atoms with E-state index >= 15 is 0 Å². The van der Waals surface area contributed by atoms with Gasteiger partial charge in [0.25, 0.3) is 0 Å². The molecule has 0 aliphatic heterocycles. The van der Waals surface area contributed by atoms with Gasteiger partial charge in [-0.1, -0.05) is 17.3 Å². The number of benzene rings is 1. The van der Waals surface area contributed by atoms with E-state index in [-0.39, 0.29) is 12.3 Å². The van der Waals surface area contributed by atoms with Crippen LogP contribution in [0.4, 0.5) is 5.13 Å². The fraction of sp³-hybridized carbons (Fsp3) is 0.214. The predicted octanol–water partition coefficient (Wildman–Crippen LogP) is 2.53. The van der Waals surface area contributed by atoms with E-state index in [2.05, 4.69) is 15.5 Å². The number of methoxy groups -OCH3 is 1. The zero-order valence-corrected chi connectivity index (χ0v) is 12.5. The second-order valence-corrected chi connectivity index (χ2v) is 5.16. The summed E-state index contributed by atoms with van der Waals surface area (Å²) >= 11 is 1.28. The number of aromatic nitrogens is 1. The number of hydrogen-bond donors (Lipinski definition) is 2. The number of rotatable bonds is 5. The molecule has 1 aromatic carbocycles. The molecule has 1 amide bonds. The van der Waals surface area contributed by atoms with Crippen molar-refractivity contribution < 1.29 is 14.7 Å². The van der Waals surface area contributed by atoms with Gasteiger partial charge in [-0.15, -0.1) is 11.3 Å². The summed E-state index contributed by atoms with van der Waals surface area (Å²) in [4.78, 5) is 16.1. The Morgan fingerprint density at radius 1 is 1.52 bits per heavy atom. The highest BCUT2D eigenvalue weighted by Gasteiger charge is 2.09. The minimum absolute atomic E-state index is 0.164. The van der Waals surface area contributed by atoms with Crippen molar-refractivity contribution in [2.45, 2.75) is 13.3 Å². The zero-order valence-electron chi connectivity index (χ0n) is 11.7. The van der Waals surface area contributed by atoms with Crippen LogP contribution < -0.4 is 10.1 Å². The molecule has 0 bridgehead atoms. The molecule has 0 unspecified atom stereocenters. The van der Waals surface area contributed by atoms with Gasteiger partial charge in [-0.25, -0.2) is 4.98 Å². The summed E-state index contributed by atoms with van der Waals surface area (Å²) in [6, 6.07) is 7.34. The molecule has 0 saturated carbocycles. The summed E-state index contributed by atoms with van der Waals surface area (Å²) in [6.07, 6.45) is 0.235. The van der Waals surface area contributed by atoms with Crippen molar-refractivity contribution in [3.05, 3.63) is 40.9 Å². The van der Waals surface area contributed by atoms with Crippen molar-refractivity contribution >= 4 is 28.1 Å². The van der Waals surface area contributed by atoms with Gasteiger partial charge in [-0.2, -0.15) is 0 Å². The summed E-state index contributed by atoms with van der Waals surface area (Å²) in [6.45, 7) is 1.64. The molecule has 0 radical (unpaired) electrons. The molecule has 2 aromatic rings. The maximum Gasteiger partial charge on any atom is 0.230 e. The fourth-order valence-electron chi connectivity index (χ4n) is 1.68. The van der Waals surface area contributed by atoms with Crippen LogP contribution in [0, 0.1) is 0 Å². The third-order valence-corrected chi connectivity index (χ3v) is 3.53. The van der Waals surface area contributed by atoms with Crippen molar-refractivity contribution in [3.8, 4) is 5.75 Å². The Morgan fingerprint density at radius 2 is 2.33 bits per heavy atom. The first-order valence-electron chi connectivity index (χ1n) is 6.19. The summed E-state index contributed by atoms with van der Waals surface area (Å²) in [5, 5.41) is 16.7. The molecule has 0 saturated heterocycles. The van der Waals surface area contributed by atoms with Gasteiger partial charge in [-0.05, 0) is 24.6 Å². The van der Waals surface area contributed by atoms with Gasteiger partial charge in [0.05, 0.1) is 13.5 Å². The summed E-state index contributed by atoms with van der Waals surface area (Å²) in [5.41, 5.74) is 1.80. The second-order valence-electron chi connectivity index (χ2n) is 4.30. The minimum Gasteiger partial charge on any atom is -0.497 e. The first-order chi connectivity index (χ1) is 10.1. The molecule has 2 N–H and O–H groups in total. The van der Waals surface area contributed by atoms with Crippen LogP contribution in [0.5, 0.6) is 5.75 Å². The number of anilines is 1. The molecular weight excluding hydrogens is 290 g/mol. The van der Waals surface area contributed by atoms with Gasteiger partial charge in [0, 0.05) is 5.38 Å². The molecule has 21 heavy (non-hydrogen) atoms. The number of oxime groups is 1. The number of hydrogen-bond acceptors (Lipinski definition) is 6. The highest BCUT2D eigenvalue weighted by Crippen LogP contribution is 2.17. The van der Waals surface area contributed by atoms with Crippen LogP contribution in [0.25, 0.3) is 0 Å². The van der Waals surface area contributed by atoms with Gasteiger partial charge in [0.15, 0.2) is 5.13 Å². The Bertz CT molecular complexity index is 667. The fourth-order valence-corrected chi connectivity index (χ4v) is 2.45. The van der Waals surface area contributed by atoms with Crippen LogP contribution >= 0.6 is 11.3 Å². The summed E-state index contributed by atoms with van der Waals surface area (Å²) in [5.74, 6) is 0.550. The Labute approximate surface area is 126 Å². The minimum atomic E-state index is -0.164. The first-order valence-corrected chi connectivity index (χ1v) is 7.07. The van der Waals surface area contributed by atoms with E-state index in [1.807, 2.05) is 24.3 Å². The molecular formula is C14H15N3O3S. The topological polar surface area (TPSA) is 83.8 Å². The van der Waals surface area contributed by atoms with Gasteiger partial charge < -0.3 is 15.3 Å². The molecule has 0 aliphatic rings. The maximum absolute atomic E-state index is 12.0. The van der Waals surface area contributed by atoms with E-state index < -0.39 is 0 Å². The molecule has 1 aromatic heterocycles. The number of thiazole rings is 1. The normalized spacial score (nSPS) is 11.2. The molecule has 0 spiro atoms. The van der Waals surface area contributed by atoms with E-state index in [0.717, 1.165) is 5.56 Å². The first kappa shape index (κ1) is 15.0. The monoisotopic (exact) mass is 305 g/mol. The molecule has 0 aliphatic carbocycles. The Morgan fingerprint density at radius 3 is 3.05 bits per heavy atom. The lowest BCUT2D eigenvalue weighted by molar-refractivity contribution is -0.115. The van der Waals surface area contributed by atoms with Gasteiger partial charge in [0.2, 0.25) is 5.91 Å². The zero-order chi connectivity index (χ0) is 15.2. The largest absolute Gasteiger partial charge is 0.497 e. The number of nitrogens with zero attached hydrogens (tertiary/aromatic N) is 2. The SMILES string of the molecule is COc1cccc(CC(=O)Nc2nc(C(C)=NO)cs2)c1. The van der Waals surface area contributed by atoms with Crippen LogP contribution in [-0.2, 0) is 11.2 Å². The molecule has 0 fully saturated rings. The smallest absolute Gasteiger partial charge is 0.230 e. The molecule has 0 atom stereocenters. The van der Waals surface area contributed by atoms with E-state index in [9.17, 15) is 4.79 Å². The summed E-state index contributed by atoms with van der Waals surface area (Å²) < 4.78 is 5.12. The van der Waals surface area contributed by atoms with Crippen LogP contribution in [-0.4, -0.2) is 28.9 Å². The highest BCUT2D eigenvalue weighted by atomic mass is 32.1.